The summed E-state index contributed by atoms with van der Waals surface area (Å²) in [5.74, 6) is 3.15. The third-order valence-electron chi connectivity index (χ3n) is 6.35. The summed E-state index contributed by atoms with van der Waals surface area (Å²) in [5.41, 5.74) is 5.31. The number of methoxy groups -OCH3 is 2. The van der Waals surface area contributed by atoms with E-state index in [0.717, 1.165) is 46.6 Å². The molecule has 0 spiro atoms. The highest BCUT2D eigenvalue weighted by Gasteiger charge is 2.12. The lowest BCUT2D eigenvalue weighted by Crippen LogP contribution is -2.26. The van der Waals surface area contributed by atoms with Crippen molar-refractivity contribution in [3.05, 3.63) is 83.2 Å². The fraction of sp³-hybridized carbons (Fsp3) is 0.333. The number of carbonyl (C=O) groups is 1. The summed E-state index contributed by atoms with van der Waals surface area (Å²) in [4.78, 5) is 17.3. The highest BCUT2D eigenvalue weighted by molar-refractivity contribution is 5.79. The number of benzene rings is 3. The van der Waals surface area contributed by atoms with E-state index in [1.54, 1.807) is 14.2 Å². The Morgan fingerprint density at radius 2 is 1.73 bits per heavy atom. The van der Waals surface area contributed by atoms with Crippen LogP contribution < -0.4 is 19.5 Å². The van der Waals surface area contributed by atoms with Crippen LogP contribution in [0.15, 0.2) is 60.7 Å². The number of ether oxygens (including phenoxy) is 3. The molecule has 194 valence electrons. The van der Waals surface area contributed by atoms with E-state index in [9.17, 15) is 4.79 Å². The molecule has 0 fully saturated rings. The molecule has 3 aromatic carbocycles. The van der Waals surface area contributed by atoms with Crippen LogP contribution in [0.2, 0.25) is 0 Å². The van der Waals surface area contributed by atoms with E-state index in [0.29, 0.717) is 31.2 Å². The van der Waals surface area contributed by atoms with Gasteiger partial charge in [-0.2, -0.15) is 0 Å². The van der Waals surface area contributed by atoms with E-state index >= 15 is 0 Å². The molecule has 1 N–H and O–H groups in total. The molecule has 7 nitrogen and oxygen atoms in total. The highest BCUT2D eigenvalue weighted by Crippen LogP contribution is 2.27. The van der Waals surface area contributed by atoms with Gasteiger partial charge in [0.1, 0.15) is 18.2 Å². The predicted octanol–water partition coefficient (Wildman–Crippen LogP) is 5.04. The van der Waals surface area contributed by atoms with E-state index < -0.39 is 0 Å². The number of aryl methyl sites for hydroxylation is 3. The summed E-state index contributed by atoms with van der Waals surface area (Å²) in [7, 11) is 3.18. The summed E-state index contributed by atoms with van der Waals surface area (Å²) in [6.45, 7) is 5.99. The van der Waals surface area contributed by atoms with Gasteiger partial charge in [-0.1, -0.05) is 35.9 Å². The van der Waals surface area contributed by atoms with Crippen LogP contribution in [0, 0.1) is 13.8 Å². The second-order valence-electron chi connectivity index (χ2n) is 9.11. The van der Waals surface area contributed by atoms with E-state index in [-0.39, 0.29) is 12.3 Å². The molecular weight excluding hydrogens is 466 g/mol. The van der Waals surface area contributed by atoms with Gasteiger partial charge in [-0.15, -0.1) is 0 Å². The van der Waals surface area contributed by atoms with Crippen LogP contribution in [0.5, 0.6) is 17.2 Å². The second-order valence-corrected chi connectivity index (χ2v) is 9.11. The van der Waals surface area contributed by atoms with E-state index in [1.165, 1.54) is 5.56 Å². The molecule has 0 saturated heterocycles. The summed E-state index contributed by atoms with van der Waals surface area (Å²) in [5, 5.41) is 3.02. The van der Waals surface area contributed by atoms with E-state index in [4.69, 9.17) is 19.2 Å². The van der Waals surface area contributed by atoms with Crippen LogP contribution in [0.3, 0.4) is 0 Å². The van der Waals surface area contributed by atoms with Crippen molar-refractivity contribution in [2.45, 2.75) is 39.7 Å². The standard InChI is InChI=1S/C30H35N3O4/c1-21-11-13-26(22(2)18-21)37-17-16-33-25-9-6-5-8-24(25)32-29(33)10-7-15-31-30(34)20-23-12-14-27(35-3)28(19-23)36-4/h5-6,8-9,11-14,18-19H,7,10,15-17,20H2,1-4H3,(H,31,34). The number of nitrogens with zero attached hydrogens (tertiary/aromatic N) is 2. The third kappa shape index (κ3) is 6.61. The average Bonchev–Trinajstić information content (AvgIpc) is 3.25. The minimum Gasteiger partial charge on any atom is -0.493 e. The molecule has 0 radical (unpaired) electrons. The first kappa shape index (κ1) is 26.1. The number of carbonyl (C=O) groups excluding carboxylic acids is 1. The molecule has 0 bridgehead atoms. The van der Waals surface area contributed by atoms with Crippen molar-refractivity contribution in [1.82, 2.24) is 14.9 Å². The fourth-order valence-electron chi connectivity index (χ4n) is 4.49. The monoisotopic (exact) mass is 501 g/mol. The topological polar surface area (TPSA) is 74.6 Å². The molecule has 1 aromatic heterocycles. The largest absolute Gasteiger partial charge is 0.493 e. The third-order valence-corrected chi connectivity index (χ3v) is 6.35. The van der Waals surface area contributed by atoms with Crippen LogP contribution in [0.25, 0.3) is 11.0 Å². The maximum Gasteiger partial charge on any atom is 0.224 e. The van der Waals surface area contributed by atoms with Gasteiger partial charge < -0.3 is 24.1 Å². The quantitative estimate of drug-likeness (QED) is 0.275. The zero-order valence-electron chi connectivity index (χ0n) is 22.0. The minimum absolute atomic E-state index is 0.0254. The fourth-order valence-corrected chi connectivity index (χ4v) is 4.49. The highest BCUT2D eigenvalue weighted by atomic mass is 16.5. The molecule has 0 aliphatic heterocycles. The smallest absolute Gasteiger partial charge is 0.224 e. The first-order valence-electron chi connectivity index (χ1n) is 12.6. The lowest BCUT2D eigenvalue weighted by Gasteiger charge is -2.13. The molecule has 0 unspecified atom stereocenters. The zero-order valence-corrected chi connectivity index (χ0v) is 22.0. The number of rotatable bonds is 12. The minimum atomic E-state index is -0.0254. The summed E-state index contributed by atoms with van der Waals surface area (Å²) >= 11 is 0. The molecule has 0 saturated carbocycles. The lowest BCUT2D eigenvalue weighted by molar-refractivity contribution is -0.120. The van der Waals surface area contributed by atoms with Crippen molar-refractivity contribution in [1.29, 1.82) is 0 Å². The van der Waals surface area contributed by atoms with Gasteiger partial charge in [0.15, 0.2) is 11.5 Å². The van der Waals surface area contributed by atoms with Crippen LogP contribution in [-0.2, 0) is 24.2 Å². The SMILES string of the molecule is COc1ccc(CC(=O)NCCCc2nc3ccccc3n2CCOc2ccc(C)cc2C)cc1OC. The Kier molecular flexibility index (Phi) is 8.67. The molecule has 1 amide bonds. The molecule has 4 rings (SSSR count). The van der Waals surface area contributed by atoms with Gasteiger partial charge in [0.25, 0.3) is 0 Å². The van der Waals surface area contributed by atoms with Gasteiger partial charge in [-0.3, -0.25) is 4.79 Å². The Labute approximate surface area is 218 Å². The van der Waals surface area contributed by atoms with Gasteiger partial charge in [0.05, 0.1) is 38.2 Å². The van der Waals surface area contributed by atoms with Gasteiger partial charge in [0, 0.05) is 13.0 Å². The number of fused-ring (bicyclic) bond motifs is 1. The summed E-state index contributed by atoms with van der Waals surface area (Å²) in [6, 6.07) is 19.9. The van der Waals surface area contributed by atoms with E-state index in [1.807, 2.05) is 42.5 Å². The number of hydrogen-bond donors (Lipinski definition) is 1. The maximum absolute atomic E-state index is 12.5. The predicted molar refractivity (Wildman–Crippen MR) is 146 cm³/mol. The Morgan fingerprint density at radius 3 is 2.51 bits per heavy atom. The number of aromatic nitrogens is 2. The number of hydrogen-bond acceptors (Lipinski definition) is 5. The van der Waals surface area contributed by atoms with Gasteiger partial charge in [0.2, 0.25) is 5.91 Å². The number of para-hydroxylation sites is 2. The molecule has 0 aliphatic carbocycles. The number of nitrogens with one attached hydrogen (secondary N) is 1. The molecule has 0 aliphatic rings. The molecule has 0 atom stereocenters. The Bertz CT molecular complexity index is 1360. The van der Waals surface area contributed by atoms with Gasteiger partial charge in [-0.25, -0.2) is 4.98 Å². The maximum atomic E-state index is 12.5. The summed E-state index contributed by atoms with van der Waals surface area (Å²) < 4.78 is 18.9. The first-order valence-corrected chi connectivity index (χ1v) is 12.6. The normalized spacial score (nSPS) is 10.9. The van der Waals surface area contributed by atoms with Crippen LogP contribution >= 0.6 is 0 Å². The molecular formula is C30H35N3O4. The van der Waals surface area contributed by atoms with Crippen molar-refractivity contribution in [3.63, 3.8) is 0 Å². The number of amides is 1. The Balaban J connectivity index is 1.32. The second kappa shape index (κ2) is 12.3. The van der Waals surface area contributed by atoms with Crippen molar-refractivity contribution < 1.29 is 19.0 Å². The van der Waals surface area contributed by atoms with Crippen LogP contribution in [0.4, 0.5) is 0 Å². The van der Waals surface area contributed by atoms with Crippen molar-refractivity contribution in [2.75, 3.05) is 27.4 Å². The number of imidazole rings is 1. The lowest BCUT2D eigenvalue weighted by atomic mass is 10.1. The van der Waals surface area contributed by atoms with Crippen LogP contribution in [-0.4, -0.2) is 42.8 Å². The van der Waals surface area contributed by atoms with Crippen molar-refractivity contribution in [2.24, 2.45) is 0 Å². The Morgan fingerprint density at radius 1 is 0.946 bits per heavy atom. The Hall–Kier alpha value is -4.00. The van der Waals surface area contributed by atoms with Crippen LogP contribution in [0.1, 0.15) is 28.9 Å². The summed E-state index contributed by atoms with van der Waals surface area (Å²) in [6.07, 6.45) is 1.84. The molecule has 7 heteroatoms. The van der Waals surface area contributed by atoms with Gasteiger partial charge in [-0.05, 0) is 61.7 Å². The first-order chi connectivity index (χ1) is 18.0. The van der Waals surface area contributed by atoms with Crippen molar-refractivity contribution in [3.8, 4) is 17.2 Å². The van der Waals surface area contributed by atoms with Crippen molar-refractivity contribution >= 4 is 16.9 Å². The zero-order chi connectivity index (χ0) is 26.2. The average molecular weight is 502 g/mol. The molecule has 37 heavy (non-hydrogen) atoms. The van der Waals surface area contributed by atoms with E-state index in [2.05, 4.69) is 41.9 Å². The van der Waals surface area contributed by atoms with Gasteiger partial charge >= 0.3 is 0 Å². The molecule has 4 aromatic rings. The molecule has 1 heterocycles.